The lowest BCUT2D eigenvalue weighted by molar-refractivity contribution is 1.76. The fourth-order valence-corrected chi connectivity index (χ4v) is 2.63. The summed E-state index contributed by atoms with van der Waals surface area (Å²) in [6.45, 7) is 0. The predicted octanol–water partition coefficient (Wildman–Crippen LogP) is 4.75. The molecule has 0 nitrogen and oxygen atoms in total. The van der Waals surface area contributed by atoms with Crippen molar-refractivity contribution < 1.29 is 0 Å². The monoisotopic (exact) mass is 226 g/mol. The molecule has 4 rings (SSSR count). The Bertz CT molecular complexity index is 797. The number of rotatable bonds is 0. The minimum atomic E-state index is 1.17. The van der Waals surface area contributed by atoms with Gasteiger partial charge in [-0.2, -0.15) is 0 Å². The third kappa shape index (κ3) is 1.26. The summed E-state index contributed by atoms with van der Waals surface area (Å²) >= 11 is 0. The van der Waals surface area contributed by atoms with E-state index in [0.717, 1.165) is 0 Å². The molecule has 0 aromatic heterocycles. The molecule has 0 spiro atoms. The van der Waals surface area contributed by atoms with Crippen LogP contribution in [0, 0.1) is 12.1 Å². The zero-order valence-electron chi connectivity index (χ0n) is 9.77. The molecule has 0 unspecified atom stereocenters. The van der Waals surface area contributed by atoms with Crippen LogP contribution in [-0.2, 0) is 0 Å². The number of benzene rings is 4. The predicted molar refractivity (Wildman–Crippen MR) is 76.6 cm³/mol. The van der Waals surface area contributed by atoms with Crippen LogP contribution in [0.4, 0.5) is 0 Å². The molecule has 0 amide bonds. The molecule has 0 aliphatic rings. The van der Waals surface area contributed by atoms with Crippen molar-refractivity contribution in [2.45, 2.75) is 0 Å². The highest BCUT2D eigenvalue weighted by molar-refractivity contribution is 6.16. The van der Waals surface area contributed by atoms with Crippen molar-refractivity contribution in [1.29, 1.82) is 0 Å². The number of fused-ring (bicyclic) bond motifs is 5. The van der Waals surface area contributed by atoms with Gasteiger partial charge in [-0.1, -0.05) is 60.7 Å². The van der Waals surface area contributed by atoms with Gasteiger partial charge in [-0.15, -0.1) is 0 Å². The fraction of sp³-hybridized carbons (Fsp3) is 0. The topological polar surface area (TPSA) is 0 Å². The van der Waals surface area contributed by atoms with Gasteiger partial charge in [0, 0.05) is 0 Å². The summed E-state index contributed by atoms with van der Waals surface area (Å²) in [6.07, 6.45) is 0. The minimum absolute atomic E-state index is 1.17. The molecule has 4 aromatic carbocycles. The van der Waals surface area contributed by atoms with Crippen LogP contribution in [0.3, 0.4) is 0 Å². The van der Waals surface area contributed by atoms with Crippen LogP contribution in [0.5, 0.6) is 0 Å². The maximum atomic E-state index is 3.28. The van der Waals surface area contributed by atoms with Crippen LogP contribution in [0.25, 0.3) is 32.3 Å². The van der Waals surface area contributed by atoms with Gasteiger partial charge in [0.05, 0.1) is 0 Å². The van der Waals surface area contributed by atoms with Gasteiger partial charge in [-0.25, -0.2) is 0 Å². The van der Waals surface area contributed by atoms with Crippen LogP contribution in [0.15, 0.2) is 60.7 Å². The van der Waals surface area contributed by atoms with Gasteiger partial charge in [0.15, 0.2) is 0 Å². The molecule has 0 fully saturated rings. The van der Waals surface area contributed by atoms with Crippen LogP contribution in [0.2, 0.25) is 0 Å². The van der Waals surface area contributed by atoms with E-state index in [1.165, 1.54) is 32.3 Å². The van der Waals surface area contributed by atoms with Gasteiger partial charge >= 0.3 is 0 Å². The van der Waals surface area contributed by atoms with E-state index in [0.29, 0.717) is 0 Å². The molecule has 4 aromatic rings. The van der Waals surface area contributed by atoms with Gasteiger partial charge in [0.2, 0.25) is 0 Å². The highest BCUT2D eigenvalue weighted by Gasteiger charge is 2.03. The Labute approximate surface area is 105 Å². The average Bonchev–Trinajstić information content (AvgIpc) is 2.46. The van der Waals surface area contributed by atoms with Crippen LogP contribution < -0.4 is 0 Å². The van der Waals surface area contributed by atoms with E-state index in [1.807, 2.05) is 24.3 Å². The van der Waals surface area contributed by atoms with Crippen LogP contribution in [0.1, 0.15) is 0 Å². The van der Waals surface area contributed by atoms with E-state index >= 15 is 0 Å². The summed E-state index contributed by atoms with van der Waals surface area (Å²) in [5.41, 5.74) is 0. The largest absolute Gasteiger partial charge is 0.0610 e. The molecule has 0 N–H and O–H groups in total. The van der Waals surface area contributed by atoms with Crippen molar-refractivity contribution in [3.05, 3.63) is 72.8 Å². The lowest BCUT2D eigenvalue weighted by Gasteiger charge is -2.06. The van der Waals surface area contributed by atoms with E-state index in [4.69, 9.17) is 0 Å². The highest BCUT2D eigenvalue weighted by Crippen LogP contribution is 2.30. The second-order valence-electron chi connectivity index (χ2n) is 4.49. The summed E-state index contributed by atoms with van der Waals surface area (Å²) in [4.78, 5) is 0. The maximum absolute atomic E-state index is 3.28. The second-order valence-corrected chi connectivity index (χ2v) is 4.49. The molecule has 0 atom stereocenters. The molecule has 82 valence electrons. The zero-order chi connectivity index (χ0) is 11.9. The Morgan fingerprint density at radius 1 is 0.500 bits per heavy atom. The van der Waals surface area contributed by atoms with Gasteiger partial charge in [0.25, 0.3) is 0 Å². The van der Waals surface area contributed by atoms with Crippen molar-refractivity contribution in [3.8, 4) is 0 Å². The summed E-state index contributed by atoms with van der Waals surface area (Å²) in [6, 6.07) is 27.6. The standard InChI is InChI=1S/C18H10/c1-3-7-15-13(5-1)9-11-18-16-8-4-2-6-14(16)10-12-17(15)18/h1-4,7-12H. The first-order valence-corrected chi connectivity index (χ1v) is 6.06. The maximum Gasteiger partial charge on any atom is -0.00987 e. The van der Waals surface area contributed by atoms with Crippen molar-refractivity contribution in [2.75, 3.05) is 0 Å². The summed E-state index contributed by atoms with van der Waals surface area (Å²) in [5, 5.41) is 7.45. The average molecular weight is 226 g/mol. The molecule has 0 heterocycles. The molecular weight excluding hydrogens is 216 g/mol. The molecular formula is C18H10. The smallest absolute Gasteiger partial charge is 0.00987 e. The number of hydrogen-bond donors (Lipinski definition) is 0. The highest BCUT2D eigenvalue weighted by atomic mass is 14.1. The van der Waals surface area contributed by atoms with Gasteiger partial charge < -0.3 is 0 Å². The van der Waals surface area contributed by atoms with Crippen molar-refractivity contribution >= 4 is 32.3 Å². The van der Waals surface area contributed by atoms with E-state index in [-0.39, 0.29) is 0 Å². The van der Waals surface area contributed by atoms with Crippen LogP contribution in [-0.4, -0.2) is 0 Å². The normalized spacial score (nSPS) is 11.3. The molecule has 0 bridgehead atoms. The van der Waals surface area contributed by atoms with Crippen molar-refractivity contribution in [1.82, 2.24) is 0 Å². The Balaban J connectivity index is 2.31. The molecule has 18 heavy (non-hydrogen) atoms. The van der Waals surface area contributed by atoms with E-state index in [2.05, 4.69) is 48.5 Å². The minimum Gasteiger partial charge on any atom is -0.0610 e. The van der Waals surface area contributed by atoms with Gasteiger partial charge in [0.1, 0.15) is 0 Å². The molecule has 2 radical (unpaired) electrons. The van der Waals surface area contributed by atoms with Gasteiger partial charge in [-0.05, 0) is 44.5 Å². The summed E-state index contributed by atoms with van der Waals surface area (Å²) in [5.74, 6) is 0. The molecule has 0 aliphatic heterocycles. The van der Waals surface area contributed by atoms with Gasteiger partial charge in [-0.3, -0.25) is 0 Å². The Hall–Kier alpha value is -2.34. The lowest BCUT2D eigenvalue weighted by Crippen LogP contribution is -1.80. The molecule has 0 saturated heterocycles. The lowest BCUT2D eigenvalue weighted by atomic mass is 9.97. The third-order valence-corrected chi connectivity index (χ3v) is 3.48. The SMILES string of the molecule is [c]1cccc2c1ccc1c3ccc[c]c3ccc21. The molecule has 0 heteroatoms. The first-order chi connectivity index (χ1) is 8.93. The quantitative estimate of drug-likeness (QED) is 0.380. The van der Waals surface area contributed by atoms with E-state index < -0.39 is 0 Å². The van der Waals surface area contributed by atoms with E-state index in [1.54, 1.807) is 0 Å². The Morgan fingerprint density at radius 3 is 1.50 bits per heavy atom. The van der Waals surface area contributed by atoms with Crippen LogP contribution >= 0.6 is 0 Å². The number of hydrogen-bond acceptors (Lipinski definition) is 0. The summed E-state index contributed by atoms with van der Waals surface area (Å²) < 4.78 is 0. The zero-order valence-corrected chi connectivity index (χ0v) is 9.77. The Kier molecular flexibility index (Phi) is 1.92. The molecule has 0 aliphatic carbocycles. The second kappa shape index (κ2) is 3.58. The van der Waals surface area contributed by atoms with Crippen molar-refractivity contribution in [3.63, 3.8) is 0 Å². The third-order valence-electron chi connectivity index (χ3n) is 3.48. The first kappa shape index (κ1) is 9.67. The van der Waals surface area contributed by atoms with E-state index in [9.17, 15) is 0 Å². The fourth-order valence-electron chi connectivity index (χ4n) is 2.63. The summed E-state index contributed by atoms with van der Waals surface area (Å²) in [7, 11) is 0. The van der Waals surface area contributed by atoms with Crippen molar-refractivity contribution in [2.24, 2.45) is 0 Å². The Morgan fingerprint density at radius 2 is 1.00 bits per heavy atom. The first-order valence-electron chi connectivity index (χ1n) is 6.06. The molecule has 0 saturated carbocycles.